The molecule has 1 atom stereocenters. The van der Waals surface area contributed by atoms with E-state index in [9.17, 15) is 13.2 Å². The standard InChI is InChI=1S/C20H24N2O5S/c1-14-10-15(2)12-17(11-14)27-13-16-5-7-18(8-6-16)28(25,26)22-9-3-4-19(22)20(23)21-24/h5-8,10-12,19,24H,3-4,9,13H2,1-2H3,(H,21,23)/t19-/m1/s1. The summed E-state index contributed by atoms with van der Waals surface area (Å²) in [5.74, 6) is 0.0589. The lowest BCUT2D eigenvalue weighted by Gasteiger charge is -2.22. The smallest absolute Gasteiger partial charge is 0.261 e. The van der Waals surface area contributed by atoms with Gasteiger partial charge in [0.25, 0.3) is 5.91 Å². The molecule has 0 aromatic heterocycles. The highest BCUT2D eigenvalue weighted by Gasteiger charge is 2.39. The maximum Gasteiger partial charge on any atom is 0.261 e. The molecule has 0 saturated carbocycles. The van der Waals surface area contributed by atoms with Crippen LogP contribution in [0.5, 0.6) is 5.75 Å². The fourth-order valence-electron chi connectivity index (χ4n) is 3.44. The Morgan fingerprint density at radius 2 is 1.82 bits per heavy atom. The van der Waals surface area contributed by atoms with E-state index in [0.29, 0.717) is 19.4 Å². The van der Waals surface area contributed by atoms with E-state index in [4.69, 9.17) is 9.94 Å². The van der Waals surface area contributed by atoms with Gasteiger partial charge in [0.15, 0.2) is 0 Å². The zero-order valence-electron chi connectivity index (χ0n) is 15.9. The van der Waals surface area contributed by atoms with Gasteiger partial charge in [-0.05, 0) is 67.6 Å². The summed E-state index contributed by atoms with van der Waals surface area (Å²) in [6.07, 6.45) is 0.951. The third kappa shape index (κ3) is 4.35. The first-order valence-electron chi connectivity index (χ1n) is 9.07. The van der Waals surface area contributed by atoms with Crippen molar-refractivity contribution in [3.05, 3.63) is 59.2 Å². The van der Waals surface area contributed by atoms with Gasteiger partial charge >= 0.3 is 0 Å². The first kappa shape index (κ1) is 20.3. The van der Waals surface area contributed by atoms with Gasteiger partial charge in [-0.25, -0.2) is 13.9 Å². The van der Waals surface area contributed by atoms with Crippen molar-refractivity contribution in [3.8, 4) is 5.75 Å². The van der Waals surface area contributed by atoms with Crippen molar-refractivity contribution in [1.29, 1.82) is 0 Å². The lowest BCUT2D eigenvalue weighted by molar-refractivity contribution is -0.132. The molecule has 150 valence electrons. The second-order valence-electron chi connectivity index (χ2n) is 7.01. The van der Waals surface area contributed by atoms with Gasteiger partial charge < -0.3 is 4.74 Å². The average Bonchev–Trinajstić information content (AvgIpc) is 3.16. The van der Waals surface area contributed by atoms with Crippen molar-refractivity contribution in [2.75, 3.05) is 6.54 Å². The molecule has 0 spiro atoms. The van der Waals surface area contributed by atoms with Crippen molar-refractivity contribution in [2.24, 2.45) is 0 Å². The molecule has 2 N–H and O–H groups in total. The number of carbonyl (C=O) groups is 1. The van der Waals surface area contributed by atoms with Gasteiger partial charge in [-0.3, -0.25) is 10.0 Å². The van der Waals surface area contributed by atoms with Gasteiger partial charge in [0, 0.05) is 6.54 Å². The molecular weight excluding hydrogens is 380 g/mol. The van der Waals surface area contributed by atoms with Crippen molar-refractivity contribution in [2.45, 2.75) is 44.2 Å². The number of carbonyl (C=O) groups excluding carboxylic acids is 1. The number of hydroxylamine groups is 1. The van der Waals surface area contributed by atoms with Crippen LogP contribution in [0.3, 0.4) is 0 Å². The van der Waals surface area contributed by atoms with E-state index < -0.39 is 22.0 Å². The van der Waals surface area contributed by atoms with E-state index in [-0.39, 0.29) is 11.4 Å². The van der Waals surface area contributed by atoms with Gasteiger partial charge in [0.05, 0.1) is 4.90 Å². The van der Waals surface area contributed by atoms with Crippen LogP contribution in [-0.2, 0) is 21.4 Å². The summed E-state index contributed by atoms with van der Waals surface area (Å²) >= 11 is 0. The zero-order valence-corrected chi connectivity index (χ0v) is 16.7. The van der Waals surface area contributed by atoms with Crippen LogP contribution in [0.25, 0.3) is 0 Å². The molecule has 0 aliphatic carbocycles. The van der Waals surface area contributed by atoms with Crippen LogP contribution < -0.4 is 10.2 Å². The first-order valence-corrected chi connectivity index (χ1v) is 10.5. The van der Waals surface area contributed by atoms with Crippen molar-refractivity contribution in [1.82, 2.24) is 9.79 Å². The van der Waals surface area contributed by atoms with Crippen LogP contribution in [-0.4, -0.2) is 36.4 Å². The van der Waals surface area contributed by atoms with Crippen LogP contribution in [0, 0.1) is 13.8 Å². The Balaban J connectivity index is 1.72. The Labute approximate surface area is 164 Å². The number of rotatable bonds is 6. The highest BCUT2D eigenvalue weighted by molar-refractivity contribution is 7.89. The predicted molar refractivity (Wildman–Crippen MR) is 104 cm³/mol. The Kier molecular flexibility index (Phi) is 6.02. The largest absolute Gasteiger partial charge is 0.489 e. The highest BCUT2D eigenvalue weighted by Crippen LogP contribution is 2.26. The number of hydrogen-bond acceptors (Lipinski definition) is 5. The molecule has 7 nitrogen and oxygen atoms in total. The fraction of sp³-hybridized carbons (Fsp3) is 0.350. The van der Waals surface area contributed by atoms with E-state index in [1.807, 2.05) is 26.0 Å². The maximum absolute atomic E-state index is 12.9. The fourth-order valence-corrected chi connectivity index (χ4v) is 5.10. The molecule has 0 bridgehead atoms. The van der Waals surface area contributed by atoms with Crippen LogP contribution in [0.4, 0.5) is 0 Å². The van der Waals surface area contributed by atoms with Gasteiger partial charge in [-0.1, -0.05) is 18.2 Å². The number of ether oxygens (including phenoxy) is 1. The Morgan fingerprint density at radius 1 is 1.18 bits per heavy atom. The minimum atomic E-state index is -3.82. The minimum absolute atomic E-state index is 0.111. The minimum Gasteiger partial charge on any atom is -0.489 e. The molecule has 2 aromatic carbocycles. The monoisotopic (exact) mass is 404 g/mol. The maximum atomic E-state index is 12.9. The summed E-state index contributed by atoms with van der Waals surface area (Å²) in [5.41, 5.74) is 4.61. The lowest BCUT2D eigenvalue weighted by Crippen LogP contribution is -2.44. The van der Waals surface area contributed by atoms with Gasteiger partial charge in [-0.2, -0.15) is 4.31 Å². The predicted octanol–water partition coefficient (Wildman–Crippen LogP) is 2.54. The van der Waals surface area contributed by atoms with E-state index >= 15 is 0 Å². The molecule has 1 aliphatic heterocycles. The third-order valence-corrected chi connectivity index (χ3v) is 6.67. The molecule has 1 heterocycles. The van der Waals surface area contributed by atoms with Crippen molar-refractivity contribution in [3.63, 3.8) is 0 Å². The van der Waals surface area contributed by atoms with Gasteiger partial charge in [0.2, 0.25) is 10.0 Å². The van der Waals surface area contributed by atoms with E-state index in [0.717, 1.165) is 26.7 Å². The molecule has 0 unspecified atom stereocenters. The van der Waals surface area contributed by atoms with E-state index in [1.54, 1.807) is 17.6 Å². The molecule has 0 radical (unpaired) electrons. The van der Waals surface area contributed by atoms with Gasteiger partial charge in [-0.15, -0.1) is 0 Å². The SMILES string of the molecule is Cc1cc(C)cc(OCc2ccc(S(=O)(=O)N3CCC[C@@H]3C(=O)NO)cc2)c1. The number of amides is 1. The molecular formula is C20H24N2O5S. The molecule has 1 amide bonds. The topological polar surface area (TPSA) is 95.9 Å². The highest BCUT2D eigenvalue weighted by atomic mass is 32.2. The second-order valence-corrected chi connectivity index (χ2v) is 8.90. The molecule has 8 heteroatoms. The van der Waals surface area contributed by atoms with Crippen molar-refractivity contribution >= 4 is 15.9 Å². The number of benzene rings is 2. The number of nitrogens with one attached hydrogen (secondary N) is 1. The van der Waals surface area contributed by atoms with E-state index in [1.165, 1.54) is 12.1 Å². The Bertz CT molecular complexity index is 937. The summed E-state index contributed by atoms with van der Waals surface area (Å²) in [6, 6.07) is 11.5. The van der Waals surface area contributed by atoms with Crippen LogP contribution >= 0.6 is 0 Å². The van der Waals surface area contributed by atoms with Crippen LogP contribution in [0.15, 0.2) is 47.4 Å². The molecule has 1 fully saturated rings. The zero-order chi connectivity index (χ0) is 20.3. The Morgan fingerprint density at radius 3 is 2.43 bits per heavy atom. The number of aryl methyl sites for hydroxylation is 2. The first-order chi connectivity index (χ1) is 13.3. The van der Waals surface area contributed by atoms with Crippen molar-refractivity contribution < 1.29 is 23.2 Å². The molecule has 28 heavy (non-hydrogen) atoms. The third-order valence-electron chi connectivity index (χ3n) is 4.75. The van der Waals surface area contributed by atoms with E-state index in [2.05, 4.69) is 6.07 Å². The number of nitrogens with zero attached hydrogens (tertiary/aromatic N) is 1. The summed E-state index contributed by atoms with van der Waals surface area (Å²) in [7, 11) is -3.82. The summed E-state index contributed by atoms with van der Waals surface area (Å²) in [5, 5.41) is 8.84. The summed E-state index contributed by atoms with van der Waals surface area (Å²) < 4.78 is 32.7. The molecule has 3 rings (SSSR count). The lowest BCUT2D eigenvalue weighted by atomic mass is 10.1. The number of hydrogen-bond donors (Lipinski definition) is 2. The Hall–Kier alpha value is -2.42. The number of sulfonamides is 1. The van der Waals surface area contributed by atoms with Crippen LogP contribution in [0.1, 0.15) is 29.5 Å². The quantitative estimate of drug-likeness (QED) is 0.570. The van der Waals surface area contributed by atoms with Gasteiger partial charge in [0.1, 0.15) is 18.4 Å². The second kappa shape index (κ2) is 8.30. The molecule has 1 aliphatic rings. The summed E-state index contributed by atoms with van der Waals surface area (Å²) in [4.78, 5) is 11.9. The molecule has 1 saturated heterocycles. The normalized spacial score (nSPS) is 17.5. The van der Waals surface area contributed by atoms with Crippen LogP contribution in [0.2, 0.25) is 0 Å². The average molecular weight is 404 g/mol. The summed E-state index contributed by atoms with van der Waals surface area (Å²) in [6.45, 7) is 4.57. The molecule has 2 aromatic rings.